The van der Waals surface area contributed by atoms with E-state index < -0.39 is 0 Å². The van der Waals surface area contributed by atoms with Gasteiger partial charge in [0.25, 0.3) is 0 Å². The van der Waals surface area contributed by atoms with Gasteiger partial charge in [-0.25, -0.2) is 0 Å². The molecule has 0 aliphatic rings. The van der Waals surface area contributed by atoms with Gasteiger partial charge in [0.1, 0.15) is 5.75 Å². The first kappa shape index (κ1) is 18.3. The molecule has 7 heteroatoms. The maximum Gasteiger partial charge on any atom is 0.191 e. The quantitative estimate of drug-likeness (QED) is 0.392. The largest absolute Gasteiger partial charge is 0.497 e. The molecular weight excluding hydrogens is 372 g/mol. The molecule has 2 aromatic carbocycles. The maximum absolute atomic E-state index is 12.9. The van der Waals surface area contributed by atoms with Crippen LogP contribution < -0.4 is 4.74 Å². The summed E-state index contributed by atoms with van der Waals surface area (Å²) in [4.78, 5) is 16.1. The summed E-state index contributed by atoms with van der Waals surface area (Å²) in [5.41, 5.74) is 3.53. The van der Waals surface area contributed by atoms with Gasteiger partial charge in [-0.15, -0.1) is 10.2 Å². The maximum atomic E-state index is 12.9. The topological polar surface area (TPSA) is 72.8 Å². The van der Waals surface area contributed by atoms with Crippen LogP contribution in [0.4, 0.5) is 0 Å². The van der Waals surface area contributed by atoms with E-state index in [4.69, 9.17) is 4.74 Å². The summed E-state index contributed by atoms with van der Waals surface area (Å²) in [6, 6.07) is 15.5. The number of methoxy groups -OCH3 is 1. The number of ketones is 1. The van der Waals surface area contributed by atoms with E-state index in [-0.39, 0.29) is 5.78 Å². The Balaban J connectivity index is 1.55. The molecule has 0 aliphatic heterocycles. The number of carbonyl (C=O) groups is 1. The number of aromatic amines is 1. The molecule has 0 spiro atoms. The number of ether oxygens (including phenoxy) is 1. The van der Waals surface area contributed by atoms with Crippen molar-refractivity contribution >= 4 is 28.4 Å². The van der Waals surface area contributed by atoms with Crippen LogP contribution in [0, 0.1) is 6.92 Å². The number of Topliss-reactive ketones (excluding diaryl/α,β-unsaturated/α-hetero) is 1. The molecule has 2 aromatic heterocycles. The number of nitrogens with zero attached hydrogens (tertiary/aromatic N) is 3. The molecule has 0 bridgehead atoms. The van der Waals surface area contributed by atoms with E-state index in [1.165, 1.54) is 11.8 Å². The van der Waals surface area contributed by atoms with Crippen molar-refractivity contribution in [3.05, 3.63) is 59.8 Å². The fourth-order valence-corrected chi connectivity index (χ4v) is 4.08. The van der Waals surface area contributed by atoms with Gasteiger partial charge in [-0.1, -0.05) is 42.1 Å². The van der Waals surface area contributed by atoms with Crippen LogP contribution in [-0.2, 0) is 7.05 Å². The van der Waals surface area contributed by atoms with Crippen LogP contribution in [0.2, 0.25) is 0 Å². The zero-order valence-electron chi connectivity index (χ0n) is 15.9. The number of H-pyrrole nitrogens is 1. The Bertz CT molecular complexity index is 1160. The molecule has 6 nitrogen and oxygen atoms in total. The Labute approximate surface area is 166 Å². The number of nitrogens with one attached hydrogen (secondary N) is 1. The van der Waals surface area contributed by atoms with Crippen LogP contribution in [-0.4, -0.2) is 38.4 Å². The average Bonchev–Trinajstić information content (AvgIpc) is 3.25. The van der Waals surface area contributed by atoms with Gasteiger partial charge in [0.15, 0.2) is 16.8 Å². The first-order valence-corrected chi connectivity index (χ1v) is 9.84. The number of rotatable bonds is 6. The van der Waals surface area contributed by atoms with Crippen molar-refractivity contribution in [3.8, 4) is 17.1 Å². The molecule has 0 saturated heterocycles. The molecule has 0 fully saturated rings. The van der Waals surface area contributed by atoms with Crippen molar-refractivity contribution in [2.45, 2.75) is 12.1 Å². The second-order valence-electron chi connectivity index (χ2n) is 6.48. The van der Waals surface area contributed by atoms with Crippen molar-refractivity contribution in [1.29, 1.82) is 0 Å². The van der Waals surface area contributed by atoms with E-state index in [1.807, 2.05) is 67.1 Å². The third-order valence-electron chi connectivity index (χ3n) is 4.67. The van der Waals surface area contributed by atoms with Crippen molar-refractivity contribution in [3.63, 3.8) is 0 Å². The van der Waals surface area contributed by atoms with Crippen LogP contribution in [0.25, 0.3) is 22.3 Å². The average molecular weight is 392 g/mol. The number of benzene rings is 2. The molecule has 0 radical (unpaired) electrons. The predicted octanol–water partition coefficient (Wildman–Crippen LogP) is 4.26. The molecule has 0 atom stereocenters. The molecule has 4 aromatic rings. The minimum absolute atomic E-state index is 0.0749. The lowest BCUT2D eigenvalue weighted by atomic mass is 10.1. The Kier molecular flexibility index (Phi) is 4.92. The number of para-hydroxylation sites is 1. The minimum atomic E-state index is 0.0749. The highest BCUT2D eigenvalue weighted by molar-refractivity contribution is 7.99. The Morgan fingerprint density at radius 1 is 1.18 bits per heavy atom. The number of thioether (sulfide) groups is 1. The highest BCUT2D eigenvalue weighted by Crippen LogP contribution is 2.27. The summed E-state index contributed by atoms with van der Waals surface area (Å²) < 4.78 is 7.18. The van der Waals surface area contributed by atoms with Gasteiger partial charge in [0.05, 0.1) is 12.9 Å². The first-order chi connectivity index (χ1) is 13.6. The van der Waals surface area contributed by atoms with Gasteiger partial charge in [-0.2, -0.15) is 0 Å². The fraction of sp³-hybridized carbons (Fsp3) is 0.190. The first-order valence-electron chi connectivity index (χ1n) is 8.85. The standard InChI is InChI=1S/C21H20N4O2S/c1-13-19(16-9-4-5-10-17(16)22-13)18(26)12-28-21-24-23-20(25(21)2)14-7-6-8-15(11-14)27-3/h4-11,22H,12H2,1-3H3. The molecule has 0 unspecified atom stereocenters. The van der Waals surface area contributed by atoms with E-state index in [0.717, 1.165) is 39.3 Å². The Morgan fingerprint density at radius 2 is 2.00 bits per heavy atom. The highest BCUT2D eigenvalue weighted by Gasteiger charge is 2.18. The van der Waals surface area contributed by atoms with E-state index in [9.17, 15) is 4.79 Å². The molecule has 0 aliphatic carbocycles. The minimum Gasteiger partial charge on any atom is -0.497 e. The van der Waals surface area contributed by atoms with Crippen LogP contribution in [0.15, 0.2) is 53.7 Å². The lowest BCUT2D eigenvalue weighted by Crippen LogP contribution is -2.05. The van der Waals surface area contributed by atoms with Crippen molar-refractivity contribution < 1.29 is 9.53 Å². The number of aromatic nitrogens is 4. The van der Waals surface area contributed by atoms with Gasteiger partial charge in [0.2, 0.25) is 0 Å². The number of carbonyl (C=O) groups excluding carboxylic acids is 1. The van der Waals surface area contributed by atoms with E-state index in [2.05, 4.69) is 15.2 Å². The van der Waals surface area contributed by atoms with E-state index >= 15 is 0 Å². The summed E-state index contributed by atoms with van der Waals surface area (Å²) in [6.45, 7) is 1.93. The normalized spacial score (nSPS) is 11.1. The van der Waals surface area contributed by atoms with Gasteiger partial charge < -0.3 is 14.3 Å². The molecule has 0 amide bonds. The molecule has 0 saturated carbocycles. The number of hydrogen-bond donors (Lipinski definition) is 1. The molecule has 142 valence electrons. The monoisotopic (exact) mass is 392 g/mol. The van der Waals surface area contributed by atoms with Crippen molar-refractivity contribution in [2.75, 3.05) is 12.9 Å². The number of aryl methyl sites for hydroxylation is 1. The third kappa shape index (κ3) is 3.29. The van der Waals surface area contributed by atoms with Gasteiger partial charge in [-0.3, -0.25) is 4.79 Å². The molecule has 2 heterocycles. The third-order valence-corrected chi connectivity index (χ3v) is 5.69. The van der Waals surface area contributed by atoms with Crippen LogP contribution in [0.5, 0.6) is 5.75 Å². The lowest BCUT2D eigenvalue weighted by molar-refractivity contribution is 0.102. The van der Waals surface area contributed by atoms with Crippen LogP contribution in [0.1, 0.15) is 16.1 Å². The van der Waals surface area contributed by atoms with E-state index in [0.29, 0.717) is 10.9 Å². The predicted molar refractivity (Wildman–Crippen MR) is 111 cm³/mol. The number of hydrogen-bond acceptors (Lipinski definition) is 5. The summed E-state index contributed by atoms with van der Waals surface area (Å²) in [5, 5.41) is 10.2. The zero-order chi connectivity index (χ0) is 19.7. The summed E-state index contributed by atoms with van der Waals surface area (Å²) >= 11 is 1.39. The highest BCUT2D eigenvalue weighted by atomic mass is 32.2. The van der Waals surface area contributed by atoms with Crippen LogP contribution >= 0.6 is 11.8 Å². The van der Waals surface area contributed by atoms with Gasteiger partial charge in [0, 0.05) is 34.8 Å². The number of fused-ring (bicyclic) bond motifs is 1. The second-order valence-corrected chi connectivity index (χ2v) is 7.42. The molecule has 4 rings (SSSR count). The van der Waals surface area contributed by atoms with Crippen molar-refractivity contribution in [2.24, 2.45) is 7.05 Å². The molecule has 1 N–H and O–H groups in total. The fourth-order valence-electron chi connectivity index (χ4n) is 3.29. The lowest BCUT2D eigenvalue weighted by Gasteiger charge is -2.05. The zero-order valence-corrected chi connectivity index (χ0v) is 16.7. The van der Waals surface area contributed by atoms with Gasteiger partial charge >= 0.3 is 0 Å². The Hall–Kier alpha value is -3.06. The smallest absolute Gasteiger partial charge is 0.191 e. The molecular formula is C21H20N4O2S. The summed E-state index contributed by atoms with van der Waals surface area (Å²) in [6.07, 6.45) is 0. The summed E-state index contributed by atoms with van der Waals surface area (Å²) in [7, 11) is 3.54. The second kappa shape index (κ2) is 7.52. The molecule has 28 heavy (non-hydrogen) atoms. The Morgan fingerprint density at radius 3 is 2.82 bits per heavy atom. The van der Waals surface area contributed by atoms with E-state index in [1.54, 1.807) is 7.11 Å². The van der Waals surface area contributed by atoms with Gasteiger partial charge in [-0.05, 0) is 25.1 Å². The SMILES string of the molecule is COc1cccc(-c2nnc(SCC(=O)c3c(C)[nH]c4ccccc34)n2C)c1. The van der Waals surface area contributed by atoms with Crippen molar-refractivity contribution in [1.82, 2.24) is 19.7 Å². The summed E-state index contributed by atoms with van der Waals surface area (Å²) in [5.74, 6) is 1.87. The van der Waals surface area contributed by atoms with Crippen LogP contribution in [0.3, 0.4) is 0 Å².